The number of benzene rings is 1. The van der Waals surface area contributed by atoms with Crippen LogP contribution in [0, 0.1) is 5.82 Å². The summed E-state index contributed by atoms with van der Waals surface area (Å²) >= 11 is 0. The molecule has 0 heterocycles. The van der Waals surface area contributed by atoms with Gasteiger partial charge in [-0.1, -0.05) is 18.2 Å². The molecule has 0 fully saturated rings. The molecule has 0 aliphatic heterocycles. The van der Waals surface area contributed by atoms with Crippen LogP contribution in [0.3, 0.4) is 0 Å². The van der Waals surface area contributed by atoms with E-state index < -0.39 is 11.9 Å². The van der Waals surface area contributed by atoms with Crippen LogP contribution in [0.15, 0.2) is 35.9 Å². The van der Waals surface area contributed by atoms with Crippen LogP contribution in [-0.2, 0) is 4.79 Å². The number of aliphatic hydroxyl groups excluding tert-OH is 1. The molecule has 0 saturated heterocycles. The second-order valence-corrected chi connectivity index (χ2v) is 3.58. The Morgan fingerprint density at radius 3 is 2.80 bits per heavy atom. The van der Waals surface area contributed by atoms with Crippen molar-refractivity contribution >= 4 is 5.78 Å². The summed E-state index contributed by atoms with van der Waals surface area (Å²) in [6, 6.07) is 5.69. The summed E-state index contributed by atoms with van der Waals surface area (Å²) in [6.45, 7) is 0. The maximum atomic E-state index is 12.9. The van der Waals surface area contributed by atoms with E-state index in [0.717, 1.165) is 0 Å². The van der Waals surface area contributed by atoms with Crippen molar-refractivity contribution in [2.24, 2.45) is 0 Å². The molecule has 1 aromatic rings. The van der Waals surface area contributed by atoms with Crippen molar-refractivity contribution in [3.8, 4) is 0 Å². The lowest BCUT2D eigenvalue weighted by atomic mass is 10.0. The van der Waals surface area contributed by atoms with Crippen LogP contribution >= 0.6 is 0 Å². The van der Waals surface area contributed by atoms with Crippen LogP contribution < -0.4 is 0 Å². The molecule has 1 N–H and O–H groups in total. The molecular weight excluding hydrogens is 195 g/mol. The van der Waals surface area contributed by atoms with Gasteiger partial charge in [0.05, 0.1) is 0 Å². The van der Waals surface area contributed by atoms with Crippen molar-refractivity contribution in [2.45, 2.75) is 18.9 Å². The molecule has 3 heteroatoms. The minimum absolute atomic E-state index is 0.0493. The summed E-state index contributed by atoms with van der Waals surface area (Å²) < 4.78 is 12.9. The number of carbonyl (C=O) groups excluding carboxylic acids is 1. The second kappa shape index (κ2) is 3.95. The number of allylic oxidation sites excluding steroid dienone is 1. The smallest absolute Gasteiger partial charge is 0.161 e. The SMILES string of the molecule is O=C1CCC=C1C(O)c1cccc(F)c1. The zero-order chi connectivity index (χ0) is 10.8. The molecular formula is C12H11FO2. The van der Waals surface area contributed by atoms with Crippen molar-refractivity contribution in [2.75, 3.05) is 0 Å². The predicted octanol–water partition coefficient (Wildman–Crippen LogP) is 2.15. The van der Waals surface area contributed by atoms with E-state index in [1.54, 1.807) is 12.1 Å². The van der Waals surface area contributed by atoms with Crippen LogP contribution in [0.25, 0.3) is 0 Å². The van der Waals surface area contributed by atoms with Crippen molar-refractivity contribution in [3.63, 3.8) is 0 Å². The molecule has 0 bridgehead atoms. The van der Waals surface area contributed by atoms with Gasteiger partial charge in [0.15, 0.2) is 5.78 Å². The summed E-state index contributed by atoms with van der Waals surface area (Å²) in [5.74, 6) is -0.454. The molecule has 0 spiro atoms. The topological polar surface area (TPSA) is 37.3 Å². The number of rotatable bonds is 2. The largest absolute Gasteiger partial charge is 0.384 e. The highest BCUT2D eigenvalue weighted by Gasteiger charge is 2.23. The van der Waals surface area contributed by atoms with Crippen molar-refractivity contribution < 1.29 is 14.3 Å². The molecule has 1 unspecified atom stereocenters. The van der Waals surface area contributed by atoms with Crippen LogP contribution in [0.2, 0.25) is 0 Å². The number of aliphatic hydroxyl groups is 1. The monoisotopic (exact) mass is 206 g/mol. The normalized spacial score (nSPS) is 17.7. The molecule has 0 aromatic heterocycles. The van der Waals surface area contributed by atoms with Crippen molar-refractivity contribution in [1.29, 1.82) is 0 Å². The molecule has 0 amide bonds. The highest BCUT2D eigenvalue weighted by Crippen LogP contribution is 2.28. The quantitative estimate of drug-likeness (QED) is 0.805. The van der Waals surface area contributed by atoms with E-state index in [1.165, 1.54) is 18.2 Å². The van der Waals surface area contributed by atoms with E-state index in [1.807, 2.05) is 0 Å². The highest BCUT2D eigenvalue weighted by molar-refractivity contribution is 5.98. The van der Waals surface area contributed by atoms with Crippen LogP contribution in [-0.4, -0.2) is 10.9 Å². The van der Waals surface area contributed by atoms with Gasteiger partial charge in [0.25, 0.3) is 0 Å². The Morgan fingerprint density at radius 1 is 1.40 bits per heavy atom. The van der Waals surface area contributed by atoms with Gasteiger partial charge in [0.1, 0.15) is 11.9 Å². The molecule has 0 saturated carbocycles. The lowest BCUT2D eigenvalue weighted by Crippen LogP contribution is -2.07. The first-order chi connectivity index (χ1) is 7.18. The summed E-state index contributed by atoms with van der Waals surface area (Å²) in [4.78, 5) is 11.4. The number of carbonyl (C=O) groups is 1. The van der Waals surface area contributed by atoms with Crippen LogP contribution in [0.4, 0.5) is 4.39 Å². The molecule has 2 nitrogen and oxygen atoms in total. The Hall–Kier alpha value is -1.48. The van der Waals surface area contributed by atoms with Crippen molar-refractivity contribution in [3.05, 3.63) is 47.3 Å². The van der Waals surface area contributed by atoms with E-state index >= 15 is 0 Å². The van der Waals surface area contributed by atoms with Gasteiger partial charge < -0.3 is 5.11 Å². The molecule has 78 valence electrons. The number of halogens is 1. The Balaban J connectivity index is 2.28. The van der Waals surface area contributed by atoms with Gasteiger partial charge in [0.2, 0.25) is 0 Å². The number of ketones is 1. The Bertz CT molecular complexity index is 423. The lowest BCUT2D eigenvalue weighted by molar-refractivity contribution is -0.115. The van der Waals surface area contributed by atoms with Crippen molar-refractivity contribution in [1.82, 2.24) is 0 Å². The Labute approximate surface area is 87.0 Å². The van der Waals surface area contributed by atoms with Gasteiger partial charge in [-0.05, 0) is 24.1 Å². The van der Waals surface area contributed by atoms with Gasteiger partial charge in [-0.2, -0.15) is 0 Å². The van der Waals surface area contributed by atoms with Gasteiger partial charge in [-0.25, -0.2) is 4.39 Å². The van der Waals surface area contributed by atoms with E-state index in [-0.39, 0.29) is 5.78 Å². The molecule has 1 aromatic carbocycles. The first-order valence-electron chi connectivity index (χ1n) is 4.85. The first kappa shape index (κ1) is 10.1. The third-order valence-electron chi connectivity index (χ3n) is 2.52. The molecule has 2 rings (SSSR count). The lowest BCUT2D eigenvalue weighted by Gasteiger charge is -2.11. The average molecular weight is 206 g/mol. The minimum atomic E-state index is -0.990. The third kappa shape index (κ3) is 1.97. The van der Waals surface area contributed by atoms with Gasteiger partial charge in [0, 0.05) is 12.0 Å². The predicted molar refractivity (Wildman–Crippen MR) is 53.7 cm³/mol. The van der Waals surface area contributed by atoms with Gasteiger partial charge >= 0.3 is 0 Å². The standard InChI is InChI=1S/C12H11FO2/c13-9-4-1-3-8(7-9)12(15)10-5-2-6-11(10)14/h1,3-5,7,12,15H,2,6H2. The third-order valence-corrected chi connectivity index (χ3v) is 2.52. The number of Topliss-reactive ketones (excluding diaryl/α,β-unsaturated/α-hetero) is 1. The molecule has 1 atom stereocenters. The zero-order valence-electron chi connectivity index (χ0n) is 8.11. The fraction of sp³-hybridized carbons (Fsp3) is 0.250. The number of hydrogen-bond acceptors (Lipinski definition) is 2. The van der Waals surface area contributed by atoms with E-state index in [2.05, 4.69) is 0 Å². The summed E-state index contributed by atoms with van der Waals surface area (Å²) in [5, 5.41) is 9.86. The Kier molecular flexibility index (Phi) is 2.64. The zero-order valence-corrected chi connectivity index (χ0v) is 8.11. The summed E-state index contributed by atoms with van der Waals surface area (Å²) in [5.41, 5.74) is 0.817. The summed E-state index contributed by atoms with van der Waals surface area (Å²) in [6.07, 6.45) is 1.84. The molecule has 1 aliphatic rings. The molecule has 0 radical (unpaired) electrons. The fourth-order valence-electron chi connectivity index (χ4n) is 1.74. The minimum Gasteiger partial charge on any atom is -0.384 e. The maximum absolute atomic E-state index is 12.9. The van der Waals surface area contributed by atoms with Gasteiger partial charge in [-0.3, -0.25) is 4.79 Å². The van der Waals surface area contributed by atoms with Crippen LogP contribution in [0.1, 0.15) is 24.5 Å². The number of hydrogen-bond donors (Lipinski definition) is 1. The van der Waals surface area contributed by atoms with E-state index in [9.17, 15) is 14.3 Å². The first-order valence-corrected chi connectivity index (χ1v) is 4.85. The molecule has 1 aliphatic carbocycles. The summed E-state index contributed by atoms with van der Waals surface area (Å²) in [7, 11) is 0. The van der Waals surface area contributed by atoms with E-state index in [0.29, 0.717) is 24.0 Å². The maximum Gasteiger partial charge on any atom is 0.161 e. The molecule has 15 heavy (non-hydrogen) atoms. The highest BCUT2D eigenvalue weighted by atomic mass is 19.1. The Morgan fingerprint density at radius 2 is 2.20 bits per heavy atom. The van der Waals surface area contributed by atoms with E-state index in [4.69, 9.17) is 0 Å². The van der Waals surface area contributed by atoms with Gasteiger partial charge in [-0.15, -0.1) is 0 Å². The fourth-order valence-corrected chi connectivity index (χ4v) is 1.74. The average Bonchev–Trinajstić information content (AvgIpc) is 2.63. The second-order valence-electron chi connectivity index (χ2n) is 3.58. The van der Waals surface area contributed by atoms with Crippen LogP contribution in [0.5, 0.6) is 0 Å².